The molecule has 0 aliphatic carbocycles. The Morgan fingerprint density at radius 3 is 2.45 bits per heavy atom. The van der Waals surface area contributed by atoms with E-state index < -0.39 is 0 Å². The molecular weight excluding hydrogens is 344 g/mol. The van der Waals surface area contributed by atoms with Crippen molar-refractivity contribution < 1.29 is 19.0 Å². The van der Waals surface area contributed by atoms with Gasteiger partial charge in [0.05, 0.1) is 31.7 Å². The van der Waals surface area contributed by atoms with Crippen LogP contribution in [0, 0.1) is 5.92 Å². The van der Waals surface area contributed by atoms with Crippen molar-refractivity contribution in [3.8, 4) is 11.5 Å². The van der Waals surface area contributed by atoms with Gasteiger partial charge in [-0.2, -0.15) is 11.8 Å². The lowest BCUT2D eigenvalue weighted by Crippen LogP contribution is -2.14. The van der Waals surface area contributed by atoms with Crippen molar-refractivity contribution in [2.75, 3.05) is 27.1 Å². The van der Waals surface area contributed by atoms with Gasteiger partial charge >= 0.3 is 5.97 Å². The number of halogens is 1. The first-order valence-electron chi connectivity index (χ1n) is 6.09. The fourth-order valence-electron chi connectivity index (χ4n) is 1.65. The van der Waals surface area contributed by atoms with Crippen molar-refractivity contribution in [3.63, 3.8) is 0 Å². The molecule has 0 spiro atoms. The second kappa shape index (κ2) is 8.42. The first-order chi connectivity index (χ1) is 9.53. The number of carbonyl (C=O) groups excluding carboxylic acids is 1. The summed E-state index contributed by atoms with van der Waals surface area (Å²) in [6.07, 6.45) is 0. The topological polar surface area (TPSA) is 44.8 Å². The van der Waals surface area contributed by atoms with E-state index in [1.165, 1.54) is 7.11 Å². The summed E-state index contributed by atoms with van der Waals surface area (Å²) in [5.41, 5.74) is 1.04. The highest BCUT2D eigenvalue weighted by Crippen LogP contribution is 2.34. The van der Waals surface area contributed by atoms with Gasteiger partial charge in [0.2, 0.25) is 0 Å². The van der Waals surface area contributed by atoms with E-state index in [4.69, 9.17) is 14.2 Å². The lowest BCUT2D eigenvalue weighted by molar-refractivity contribution is -0.143. The Kier molecular flexibility index (Phi) is 7.23. The second-order valence-electron chi connectivity index (χ2n) is 4.24. The van der Waals surface area contributed by atoms with Crippen LogP contribution in [0.5, 0.6) is 11.5 Å². The molecule has 112 valence electrons. The maximum absolute atomic E-state index is 11.3. The van der Waals surface area contributed by atoms with Crippen LogP contribution in [-0.4, -0.2) is 33.1 Å². The number of hydrogen-bond acceptors (Lipinski definition) is 5. The SMILES string of the molecule is COC(=O)C(C)CSCc1cc(OC)c(Br)cc1OC. The molecule has 1 aromatic carbocycles. The number of methoxy groups -OCH3 is 3. The standard InChI is InChI=1S/C14H19BrO4S/c1-9(14(16)19-4)7-20-8-10-5-13(18-3)11(15)6-12(10)17-2/h5-6,9H,7-8H2,1-4H3. The molecule has 0 N–H and O–H groups in total. The summed E-state index contributed by atoms with van der Waals surface area (Å²) >= 11 is 5.09. The number of thioether (sulfide) groups is 1. The van der Waals surface area contributed by atoms with Crippen molar-refractivity contribution in [2.45, 2.75) is 12.7 Å². The first-order valence-corrected chi connectivity index (χ1v) is 8.04. The minimum atomic E-state index is -0.183. The zero-order chi connectivity index (χ0) is 15.1. The Hall–Kier alpha value is -0.880. The molecule has 0 aromatic heterocycles. The van der Waals surface area contributed by atoms with Crippen molar-refractivity contribution in [2.24, 2.45) is 5.92 Å². The molecule has 0 heterocycles. The molecule has 1 aromatic rings. The lowest BCUT2D eigenvalue weighted by Gasteiger charge is -2.13. The number of rotatable bonds is 7. The molecule has 0 amide bonds. The summed E-state index contributed by atoms with van der Waals surface area (Å²) in [5.74, 6) is 2.71. The Morgan fingerprint density at radius 1 is 1.25 bits per heavy atom. The van der Waals surface area contributed by atoms with Gasteiger partial charge in [0, 0.05) is 17.1 Å². The molecule has 20 heavy (non-hydrogen) atoms. The van der Waals surface area contributed by atoms with Crippen LogP contribution < -0.4 is 9.47 Å². The van der Waals surface area contributed by atoms with Gasteiger partial charge in [0.15, 0.2) is 0 Å². The first kappa shape index (κ1) is 17.2. The average molecular weight is 363 g/mol. The van der Waals surface area contributed by atoms with Gasteiger partial charge in [-0.1, -0.05) is 6.92 Å². The van der Waals surface area contributed by atoms with Crippen molar-refractivity contribution in [3.05, 3.63) is 22.2 Å². The maximum atomic E-state index is 11.3. The molecule has 6 heteroatoms. The Morgan fingerprint density at radius 2 is 1.90 bits per heavy atom. The summed E-state index contributed by atoms with van der Waals surface area (Å²) < 4.78 is 16.2. The Labute approximate surface area is 132 Å². The largest absolute Gasteiger partial charge is 0.496 e. The minimum absolute atomic E-state index is 0.117. The number of hydrogen-bond donors (Lipinski definition) is 0. The quantitative estimate of drug-likeness (QED) is 0.694. The molecule has 1 atom stereocenters. The summed E-state index contributed by atoms with van der Waals surface area (Å²) in [6, 6.07) is 3.83. The number of ether oxygens (including phenoxy) is 3. The van der Waals surface area contributed by atoms with Crippen LogP contribution in [0.3, 0.4) is 0 Å². The van der Waals surface area contributed by atoms with Crippen molar-refractivity contribution in [1.82, 2.24) is 0 Å². The third-order valence-corrected chi connectivity index (χ3v) is 4.65. The van der Waals surface area contributed by atoms with E-state index in [0.29, 0.717) is 5.75 Å². The van der Waals surface area contributed by atoms with E-state index in [-0.39, 0.29) is 11.9 Å². The number of benzene rings is 1. The highest BCUT2D eigenvalue weighted by atomic mass is 79.9. The van der Waals surface area contributed by atoms with Crippen molar-refractivity contribution in [1.29, 1.82) is 0 Å². The third-order valence-electron chi connectivity index (χ3n) is 2.78. The normalized spacial score (nSPS) is 11.8. The van der Waals surface area contributed by atoms with Crippen LogP contribution in [0.2, 0.25) is 0 Å². The van der Waals surface area contributed by atoms with Gasteiger partial charge in [-0.3, -0.25) is 4.79 Å². The molecule has 4 nitrogen and oxygen atoms in total. The summed E-state index contributed by atoms with van der Waals surface area (Å²) in [6.45, 7) is 1.86. The van der Waals surface area contributed by atoms with Crippen LogP contribution in [-0.2, 0) is 15.3 Å². The molecular formula is C14H19BrO4S. The zero-order valence-electron chi connectivity index (χ0n) is 12.1. The second-order valence-corrected chi connectivity index (χ2v) is 6.12. The molecule has 0 aliphatic rings. The molecule has 0 aliphatic heterocycles. The van der Waals surface area contributed by atoms with Gasteiger partial charge in [-0.15, -0.1) is 0 Å². The molecule has 0 fully saturated rings. The summed E-state index contributed by atoms with van der Waals surface area (Å²) in [7, 11) is 4.68. The molecule has 1 rings (SSSR count). The predicted octanol–water partition coefficient (Wildman–Crippen LogP) is 3.51. The van der Waals surface area contributed by atoms with Crippen LogP contribution in [0.25, 0.3) is 0 Å². The summed E-state index contributed by atoms with van der Waals surface area (Å²) in [4.78, 5) is 11.3. The van der Waals surface area contributed by atoms with E-state index in [2.05, 4.69) is 15.9 Å². The van der Waals surface area contributed by atoms with Gasteiger partial charge in [-0.25, -0.2) is 0 Å². The number of carbonyl (C=O) groups is 1. The van der Waals surface area contributed by atoms with Gasteiger partial charge < -0.3 is 14.2 Å². The van der Waals surface area contributed by atoms with Crippen LogP contribution in [0.1, 0.15) is 12.5 Å². The molecule has 0 bridgehead atoms. The Balaban J connectivity index is 2.69. The average Bonchev–Trinajstić information content (AvgIpc) is 2.46. The smallest absolute Gasteiger partial charge is 0.309 e. The number of esters is 1. The highest BCUT2D eigenvalue weighted by molar-refractivity contribution is 9.10. The minimum Gasteiger partial charge on any atom is -0.496 e. The van der Waals surface area contributed by atoms with Crippen LogP contribution in [0.15, 0.2) is 16.6 Å². The van der Waals surface area contributed by atoms with E-state index in [9.17, 15) is 4.79 Å². The highest BCUT2D eigenvalue weighted by Gasteiger charge is 2.14. The van der Waals surface area contributed by atoms with E-state index in [0.717, 1.165) is 27.3 Å². The molecule has 0 saturated heterocycles. The zero-order valence-corrected chi connectivity index (χ0v) is 14.5. The monoisotopic (exact) mass is 362 g/mol. The van der Waals surface area contributed by atoms with Gasteiger partial charge in [0.25, 0.3) is 0 Å². The van der Waals surface area contributed by atoms with Gasteiger partial charge in [-0.05, 0) is 28.1 Å². The molecule has 0 radical (unpaired) electrons. The predicted molar refractivity (Wildman–Crippen MR) is 84.6 cm³/mol. The molecule has 0 saturated carbocycles. The van der Waals surface area contributed by atoms with Crippen LogP contribution in [0.4, 0.5) is 0 Å². The third kappa shape index (κ3) is 4.59. The van der Waals surface area contributed by atoms with E-state index in [1.807, 2.05) is 19.1 Å². The Bertz CT molecular complexity index is 465. The lowest BCUT2D eigenvalue weighted by atomic mass is 10.2. The fourth-order valence-corrected chi connectivity index (χ4v) is 3.19. The van der Waals surface area contributed by atoms with Gasteiger partial charge in [0.1, 0.15) is 11.5 Å². The van der Waals surface area contributed by atoms with E-state index >= 15 is 0 Å². The molecule has 1 unspecified atom stereocenters. The summed E-state index contributed by atoms with van der Waals surface area (Å²) in [5, 5.41) is 0. The fraction of sp³-hybridized carbons (Fsp3) is 0.500. The maximum Gasteiger partial charge on any atom is 0.309 e. The van der Waals surface area contributed by atoms with E-state index in [1.54, 1.807) is 26.0 Å². The van der Waals surface area contributed by atoms with Crippen LogP contribution >= 0.6 is 27.7 Å². The van der Waals surface area contributed by atoms with Crippen molar-refractivity contribution >= 4 is 33.7 Å².